The maximum atomic E-state index is 12.9. The summed E-state index contributed by atoms with van der Waals surface area (Å²) >= 11 is 0. The van der Waals surface area contributed by atoms with Crippen molar-refractivity contribution in [3.63, 3.8) is 0 Å². The number of hydrogen-bond donors (Lipinski definition) is 1. The lowest BCUT2D eigenvalue weighted by Crippen LogP contribution is -2.35. The Hall–Kier alpha value is -1.99. The van der Waals surface area contributed by atoms with Gasteiger partial charge in [0, 0.05) is 12.5 Å². The Kier molecular flexibility index (Phi) is 4.67. The minimum absolute atomic E-state index is 0.0942. The number of ether oxygens (including phenoxy) is 1. The highest BCUT2D eigenvalue weighted by Crippen LogP contribution is 2.40. The fourth-order valence-corrected chi connectivity index (χ4v) is 3.26. The van der Waals surface area contributed by atoms with E-state index in [1.165, 1.54) is 12.1 Å². The second-order valence-corrected chi connectivity index (χ2v) is 6.84. The summed E-state index contributed by atoms with van der Waals surface area (Å²) in [4.78, 5) is 6.73. The van der Waals surface area contributed by atoms with Crippen LogP contribution in [0.25, 0.3) is 0 Å². The SMILES string of the molecule is O[C@@H](COc1ccc(F)cc1)CN1CCC[C@@H]1c1noc(C2CC2)n1. The highest BCUT2D eigenvalue weighted by Gasteiger charge is 2.34. The Morgan fingerprint density at radius 2 is 2.08 bits per heavy atom. The van der Waals surface area contributed by atoms with E-state index >= 15 is 0 Å². The third-order valence-electron chi connectivity index (χ3n) is 4.75. The van der Waals surface area contributed by atoms with E-state index in [4.69, 9.17) is 9.26 Å². The van der Waals surface area contributed by atoms with Gasteiger partial charge in [0.25, 0.3) is 0 Å². The minimum atomic E-state index is -0.638. The summed E-state index contributed by atoms with van der Waals surface area (Å²) in [6.45, 7) is 1.54. The molecule has 25 heavy (non-hydrogen) atoms. The van der Waals surface area contributed by atoms with Crippen LogP contribution in [0, 0.1) is 5.82 Å². The van der Waals surface area contributed by atoms with E-state index < -0.39 is 6.10 Å². The number of aliphatic hydroxyl groups is 1. The Balaban J connectivity index is 1.31. The van der Waals surface area contributed by atoms with Gasteiger partial charge in [-0.15, -0.1) is 0 Å². The molecule has 0 bridgehead atoms. The predicted molar refractivity (Wildman–Crippen MR) is 87.7 cm³/mol. The predicted octanol–water partition coefficient (Wildman–Crippen LogP) is 2.66. The van der Waals surface area contributed by atoms with Crippen molar-refractivity contribution in [2.45, 2.75) is 43.7 Å². The van der Waals surface area contributed by atoms with Crippen molar-refractivity contribution in [2.24, 2.45) is 0 Å². The molecule has 134 valence electrons. The molecule has 6 nitrogen and oxygen atoms in total. The number of likely N-dealkylation sites (tertiary alicyclic amines) is 1. The molecule has 1 aliphatic carbocycles. The first-order chi connectivity index (χ1) is 12.2. The van der Waals surface area contributed by atoms with Gasteiger partial charge in [-0.1, -0.05) is 5.16 Å². The molecule has 0 amide bonds. The fourth-order valence-electron chi connectivity index (χ4n) is 3.26. The summed E-state index contributed by atoms with van der Waals surface area (Å²) < 4.78 is 23.8. The van der Waals surface area contributed by atoms with Gasteiger partial charge in [-0.3, -0.25) is 4.90 Å². The van der Waals surface area contributed by atoms with Crippen molar-refractivity contribution in [1.29, 1.82) is 0 Å². The summed E-state index contributed by atoms with van der Waals surface area (Å²) in [7, 11) is 0. The van der Waals surface area contributed by atoms with Crippen molar-refractivity contribution in [2.75, 3.05) is 19.7 Å². The number of aliphatic hydroxyl groups excluding tert-OH is 1. The Labute approximate surface area is 145 Å². The molecule has 7 heteroatoms. The standard InChI is InChI=1S/C18H22FN3O3/c19-13-5-7-15(8-6-13)24-11-14(23)10-22-9-1-2-16(22)17-20-18(25-21-17)12-3-4-12/h5-8,12,14,16,23H,1-4,9-11H2/t14-,16-/m1/s1. The zero-order chi connectivity index (χ0) is 17.2. The Bertz CT molecular complexity index is 702. The van der Waals surface area contributed by atoms with Crippen LogP contribution in [0.4, 0.5) is 4.39 Å². The average molecular weight is 347 g/mol. The number of aromatic nitrogens is 2. The topological polar surface area (TPSA) is 71.6 Å². The third kappa shape index (κ3) is 3.99. The Morgan fingerprint density at radius 3 is 2.84 bits per heavy atom. The van der Waals surface area contributed by atoms with Gasteiger partial charge in [-0.2, -0.15) is 4.98 Å². The van der Waals surface area contributed by atoms with Gasteiger partial charge in [0.05, 0.1) is 6.04 Å². The summed E-state index contributed by atoms with van der Waals surface area (Å²) in [6.07, 6.45) is 3.64. The molecule has 2 aliphatic rings. The summed E-state index contributed by atoms with van der Waals surface area (Å²) in [5, 5.41) is 14.4. The molecule has 4 rings (SSSR count). The molecular formula is C18H22FN3O3. The van der Waals surface area contributed by atoms with Gasteiger partial charge in [0.15, 0.2) is 5.82 Å². The van der Waals surface area contributed by atoms with Crippen LogP contribution < -0.4 is 4.74 Å². The van der Waals surface area contributed by atoms with E-state index in [-0.39, 0.29) is 18.5 Å². The molecule has 1 aromatic carbocycles. The number of halogens is 1. The van der Waals surface area contributed by atoms with Crippen molar-refractivity contribution >= 4 is 0 Å². The van der Waals surface area contributed by atoms with Gasteiger partial charge in [0.2, 0.25) is 5.89 Å². The van der Waals surface area contributed by atoms with Crippen LogP contribution in [-0.4, -0.2) is 45.9 Å². The first-order valence-corrected chi connectivity index (χ1v) is 8.83. The van der Waals surface area contributed by atoms with E-state index in [1.54, 1.807) is 12.1 Å². The van der Waals surface area contributed by atoms with Crippen LogP contribution in [0.15, 0.2) is 28.8 Å². The second-order valence-electron chi connectivity index (χ2n) is 6.84. The van der Waals surface area contributed by atoms with Crippen LogP contribution >= 0.6 is 0 Å². The lowest BCUT2D eigenvalue weighted by molar-refractivity contribution is 0.0623. The van der Waals surface area contributed by atoms with Crippen LogP contribution in [0.1, 0.15) is 49.4 Å². The molecule has 1 N–H and O–H groups in total. The largest absolute Gasteiger partial charge is 0.491 e. The van der Waals surface area contributed by atoms with E-state index in [1.807, 2.05) is 0 Å². The molecule has 1 aromatic heterocycles. The van der Waals surface area contributed by atoms with Crippen LogP contribution in [0.3, 0.4) is 0 Å². The maximum absolute atomic E-state index is 12.9. The molecule has 2 fully saturated rings. The first-order valence-electron chi connectivity index (χ1n) is 8.83. The summed E-state index contributed by atoms with van der Waals surface area (Å²) in [6, 6.07) is 5.88. The molecule has 1 saturated carbocycles. The molecule has 2 atom stereocenters. The molecule has 1 saturated heterocycles. The maximum Gasteiger partial charge on any atom is 0.229 e. The van der Waals surface area contributed by atoms with Crippen molar-refractivity contribution < 1.29 is 18.8 Å². The second kappa shape index (κ2) is 7.09. The number of benzene rings is 1. The molecule has 1 aliphatic heterocycles. The fraction of sp³-hybridized carbons (Fsp3) is 0.556. The normalized spacial score (nSPS) is 22.2. The van der Waals surface area contributed by atoms with Crippen molar-refractivity contribution in [3.8, 4) is 5.75 Å². The zero-order valence-corrected chi connectivity index (χ0v) is 14.0. The van der Waals surface area contributed by atoms with Crippen molar-refractivity contribution in [1.82, 2.24) is 15.0 Å². The molecule has 0 radical (unpaired) electrons. The minimum Gasteiger partial charge on any atom is -0.491 e. The highest BCUT2D eigenvalue weighted by atomic mass is 19.1. The lowest BCUT2D eigenvalue weighted by atomic mass is 10.2. The van der Waals surface area contributed by atoms with Gasteiger partial charge < -0.3 is 14.4 Å². The van der Waals surface area contributed by atoms with Gasteiger partial charge in [-0.05, 0) is 56.5 Å². The van der Waals surface area contributed by atoms with Crippen LogP contribution in [-0.2, 0) is 0 Å². The first kappa shape index (κ1) is 16.5. The number of nitrogens with zero attached hydrogens (tertiary/aromatic N) is 3. The quantitative estimate of drug-likeness (QED) is 0.830. The molecule has 2 aromatic rings. The highest BCUT2D eigenvalue weighted by molar-refractivity contribution is 5.22. The lowest BCUT2D eigenvalue weighted by Gasteiger charge is -2.24. The van der Waals surface area contributed by atoms with Crippen molar-refractivity contribution in [3.05, 3.63) is 41.8 Å². The monoisotopic (exact) mass is 347 g/mol. The van der Waals surface area contributed by atoms with Gasteiger partial charge in [0.1, 0.15) is 24.3 Å². The van der Waals surface area contributed by atoms with E-state index in [0.717, 1.165) is 43.9 Å². The number of hydrogen-bond acceptors (Lipinski definition) is 6. The average Bonchev–Trinajstić information content (AvgIpc) is 3.16. The summed E-state index contributed by atoms with van der Waals surface area (Å²) in [5.41, 5.74) is 0. The Morgan fingerprint density at radius 1 is 1.28 bits per heavy atom. The smallest absolute Gasteiger partial charge is 0.229 e. The third-order valence-corrected chi connectivity index (χ3v) is 4.75. The van der Waals surface area contributed by atoms with E-state index in [9.17, 15) is 9.50 Å². The number of rotatable bonds is 7. The zero-order valence-electron chi connectivity index (χ0n) is 14.0. The van der Waals surface area contributed by atoms with Crippen LogP contribution in [0.2, 0.25) is 0 Å². The summed E-state index contributed by atoms with van der Waals surface area (Å²) in [5.74, 6) is 2.17. The van der Waals surface area contributed by atoms with Gasteiger partial charge >= 0.3 is 0 Å². The molecular weight excluding hydrogens is 325 g/mol. The number of β-amino-alcohol motifs (C(OH)–C–C–N with tert-alkyl or cyclic N) is 1. The van der Waals surface area contributed by atoms with E-state index in [2.05, 4.69) is 15.0 Å². The van der Waals surface area contributed by atoms with Crippen LogP contribution in [0.5, 0.6) is 5.75 Å². The molecule has 0 spiro atoms. The molecule has 0 unspecified atom stereocenters. The molecule has 2 heterocycles. The van der Waals surface area contributed by atoms with Gasteiger partial charge in [-0.25, -0.2) is 4.39 Å². The van der Waals surface area contributed by atoms with E-state index in [0.29, 0.717) is 18.2 Å².